The summed E-state index contributed by atoms with van der Waals surface area (Å²) in [5, 5.41) is 0. The maximum atomic E-state index is 2.20. The Balaban J connectivity index is 0.00000147. The lowest BCUT2D eigenvalue weighted by Crippen LogP contribution is -2.02. The van der Waals surface area contributed by atoms with E-state index < -0.39 is 0 Å². The number of halogens is 1. The fraction of sp³-hybridized carbons (Fsp3) is 0.0526. The second kappa shape index (κ2) is 6.67. The maximum Gasteiger partial charge on any atom is 0.0339 e. The van der Waals surface area contributed by atoms with Gasteiger partial charge in [0.15, 0.2) is 0 Å². The van der Waals surface area contributed by atoms with Crippen molar-refractivity contribution in [3.8, 4) is 0 Å². The van der Waals surface area contributed by atoms with Gasteiger partial charge in [-0.3, -0.25) is 4.70 Å². The molecule has 100 valence electrons. The Morgan fingerprint density at radius 3 is 0.900 bits per heavy atom. The Bertz CT molecular complexity index is 524. The number of hydrogen-bond donors (Lipinski definition) is 0. The molecule has 0 bridgehead atoms. The number of hydrogen-bond acceptors (Lipinski definition) is 0. The zero-order chi connectivity index (χ0) is 12.9. The Labute approximate surface area is 119 Å². The zero-order valence-electron chi connectivity index (χ0n) is 11.1. The Hall–Kier alpha value is -2.41. The first kappa shape index (κ1) is 14.0. The van der Waals surface area contributed by atoms with Crippen molar-refractivity contribution in [1.82, 2.24) is 0 Å². The molecular weight excluding hydrogens is 247 g/mol. The molecule has 0 nitrogen and oxygen atoms in total. The van der Waals surface area contributed by atoms with Crippen LogP contribution in [0.4, 0.5) is 4.70 Å². The average Bonchev–Trinajstić information content (AvgIpc) is 2.51. The maximum absolute atomic E-state index is 2.20. The van der Waals surface area contributed by atoms with Crippen LogP contribution in [0.3, 0.4) is 0 Å². The first-order valence-corrected chi connectivity index (χ1v) is 6.60. The van der Waals surface area contributed by atoms with Gasteiger partial charge in [-0.1, -0.05) is 91.0 Å². The van der Waals surface area contributed by atoms with Gasteiger partial charge in [-0.05, 0) is 16.7 Å². The van der Waals surface area contributed by atoms with Crippen LogP contribution in [-0.4, -0.2) is 0 Å². The highest BCUT2D eigenvalue weighted by atomic mass is 19.0. The predicted molar refractivity (Wildman–Crippen MR) is 82.8 cm³/mol. The highest BCUT2D eigenvalue weighted by Crippen LogP contribution is 2.31. The Morgan fingerprint density at radius 2 is 0.650 bits per heavy atom. The molecule has 20 heavy (non-hydrogen) atoms. The van der Waals surface area contributed by atoms with E-state index in [2.05, 4.69) is 91.0 Å². The van der Waals surface area contributed by atoms with Crippen LogP contribution >= 0.6 is 0 Å². The van der Waals surface area contributed by atoms with Crippen molar-refractivity contribution in [1.29, 1.82) is 0 Å². The van der Waals surface area contributed by atoms with Crippen LogP contribution in [0.25, 0.3) is 0 Å². The first-order valence-electron chi connectivity index (χ1n) is 6.60. The van der Waals surface area contributed by atoms with Gasteiger partial charge >= 0.3 is 0 Å². The summed E-state index contributed by atoms with van der Waals surface area (Å²) in [5.41, 5.74) is 4.00. The van der Waals surface area contributed by atoms with Crippen LogP contribution in [0.5, 0.6) is 0 Å². The fourth-order valence-corrected chi connectivity index (χ4v) is 2.51. The second-order valence-corrected chi connectivity index (χ2v) is 4.67. The highest BCUT2D eigenvalue weighted by Gasteiger charge is 2.15. The largest absolute Gasteiger partial charge is 0.269 e. The summed E-state index contributed by atoms with van der Waals surface area (Å²) in [6.45, 7) is 0. The van der Waals surface area contributed by atoms with Gasteiger partial charge in [0.1, 0.15) is 0 Å². The Kier molecular flexibility index (Phi) is 4.67. The van der Waals surface area contributed by atoms with Gasteiger partial charge in [0.05, 0.1) is 0 Å². The molecule has 0 aliphatic heterocycles. The van der Waals surface area contributed by atoms with Crippen molar-refractivity contribution in [2.24, 2.45) is 0 Å². The van der Waals surface area contributed by atoms with Crippen molar-refractivity contribution >= 4 is 0 Å². The molecule has 0 amide bonds. The smallest absolute Gasteiger partial charge is 0.0339 e. The van der Waals surface area contributed by atoms with Gasteiger partial charge in [-0.2, -0.15) is 0 Å². The summed E-state index contributed by atoms with van der Waals surface area (Å²) in [7, 11) is 0. The average molecular weight is 264 g/mol. The van der Waals surface area contributed by atoms with Crippen LogP contribution < -0.4 is 0 Å². The third-order valence-corrected chi connectivity index (χ3v) is 3.40. The summed E-state index contributed by atoms with van der Waals surface area (Å²) in [6, 6.07) is 32.0. The van der Waals surface area contributed by atoms with Crippen molar-refractivity contribution in [2.45, 2.75) is 5.92 Å². The van der Waals surface area contributed by atoms with E-state index >= 15 is 0 Å². The topological polar surface area (TPSA) is 0 Å². The molecule has 0 spiro atoms. The molecule has 3 aromatic rings. The van der Waals surface area contributed by atoms with E-state index in [1.807, 2.05) is 0 Å². The van der Waals surface area contributed by atoms with Crippen molar-refractivity contribution < 1.29 is 4.70 Å². The molecule has 3 aromatic carbocycles. The molecule has 0 saturated heterocycles. The third-order valence-electron chi connectivity index (χ3n) is 3.40. The molecule has 0 atom stereocenters. The Morgan fingerprint density at radius 1 is 0.400 bits per heavy atom. The van der Waals surface area contributed by atoms with Gasteiger partial charge in [-0.15, -0.1) is 0 Å². The van der Waals surface area contributed by atoms with E-state index in [9.17, 15) is 0 Å². The summed E-state index contributed by atoms with van der Waals surface area (Å²) >= 11 is 0. The van der Waals surface area contributed by atoms with E-state index in [4.69, 9.17) is 0 Å². The molecule has 0 saturated carbocycles. The van der Waals surface area contributed by atoms with Crippen molar-refractivity contribution in [3.63, 3.8) is 0 Å². The first-order chi connectivity index (χ1) is 9.45. The highest BCUT2D eigenvalue weighted by molar-refractivity contribution is 5.42. The molecule has 1 heteroatoms. The molecule has 3 rings (SSSR count). The SMILES string of the molecule is F.c1ccc(C(c2ccccc2)c2ccccc2)cc1. The van der Waals surface area contributed by atoms with Gasteiger partial charge < -0.3 is 0 Å². The van der Waals surface area contributed by atoms with Gasteiger partial charge in [0, 0.05) is 5.92 Å². The molecule has 0 aliphatic carbocycles. The van der Waals surface area contributed by atoms with E-state index in [0.29, 0.717) is 5.92 Å². The summed E-state index contributed by atoms with van der Waals surface area (Å²) in [6.07, 6.45) is 0. The van der Waals surface area contributed by atoms with E-state index in [1.165, 1.54) is 16.7 Å². The second-order valence-electron chi connectivity index (χ2n) is 4.67. The van der Waals surface area contributed by atoms with Crippen LogP contribution in [0.15, 0.2) is 91.0 Å². The van der Waals surface area contributed by atoms with E-state index in [1.54, 1.807) is 0 Å². The molecule has 0 aromatic heterocycles. The van der Waals surface area contributed by atoms with Gasteiger partial charge in [-0.25, -0.2) is 0 Å². The van der Waals surface area contributed by atoms with E-state index in [-0.39, 0.29) is 4.70 Å². The lowest BCUT2D eigenvalue weighted by atomic mass is 9.85. The monoisotopic (exact) mass is 264 g/mol. The molecule has 0 unspecified atom stereocenters. The molecule has 0 heterocycles. The minimum absolute atomic E-state index is 0. The molecule has 0 N–H and O–H groups in total. The van der Waals surface area contributed by atoms with Crippen molar-refractivity contribution in [2.75, 3.05) is 0 Å². The van der Waals surface area contributed by atoms with Crippen LogP contribution in [0.2, 0.25) is 0 Å². The fourth-order valence-electron chi connectivity index (χ4n) is 2.51. The van der Waals surface area contributed by atoms with Gasteiger partial charge in [0.25, 0.3) is 0 Å². The predicted octanol–water partition coefficient (Wildman–Crippen LogP) is 5.02. The van der Waals surface area contributed by atoms with Crippen LogP contribution in [-0.2, 0) is 0 Å². The van der Waals surface area contributed by atoms with Gasteiger partial charge in [0.2, 0.25) is 0 Å². The quantitative estimate of drug-likeness (QED) is 0.583. The van der Waals surface area contributed by atoms with E-state index in [0.717, 1.165) is 0 Å². The lowest BCUT2D eigenvalue weighted by Gasteiger charge is -2.18. The van der Waals surface area contributed by atoms with Crippen LogP contribution in [0, 0.1) is 0 Å². The summed E-state index contributed by atoms with van der Waals surface area (Å²) in [5.74, 6) is 0.309. The number of benzene rings is 3. The molecule has 0 aliphatic rings. The third kappa shape index (κ3) is 2.94. The van der Waals surface area contributed by atoms with Crippen LogP contribution in [0.1, 0.15) is 22.6 Å². The minimum atomic E-state index is 0. The molecular formula is C19H17F. The molecule has 0 fully saturated rings. The lowest BCUT2D eigenvalue weighted by molar-refractivity contribution is 0.977. The molecule has 0 radical (unpaired) electrons. The normalized spacial score (nSPS) is 10.1. The standard InChI is InChI=1S/C19H16.FH/c1-4-10-16(11-5-1)19(17-12-6-2-7-13-17)18-14-8-3-9-15-18;/h1-15,19H;1H. The van der Waals surface area contributed by atoms with Crippen molar-refractivity contribution in [3.05, 3.63) is 108 Å². The minimum Gasteiger partial charge on any atom is -0.269 e. The zero-order valence-corrected chi connectivity index (χ0v) is 11.1. The summed E-state index contributed by atoms with van der Waals surface area (Å²) in [4.78, 5) is 0. The number of rotatable bonds is 3. The summed E-state index contributed by atoms with van der Waals surface area (Å²) < 4.78 is 0.